The maximum atomic E-state index is 13.2. The van der Waals surface area contributed by atoms with Crippen LogP contribution >= 0.6 is 0 Å². The summed E-state index contributed by atoms with van der Waals surface area (Å²) in [5.41, 5.74) is 4.36. The summed E-state index contributed by atoms with van der Waals surface area (Å²) in [6.07, 6.45) is 3.12. The molecule has 3 amide bonds. The van der Waals surface area contributed by atoms with E-state index >= 15 is 0 Å². The predicted octanol–water partition coefficient (Wildman–Crippen LogP) is 4.28. The number of para-hydroxylation sites is 1. The van der Waals surface area contributed by atoms with Gasteiger partial charge in [-0.1, -0.05) is 66.7 Å². The largest absolute Gasteiger partial charge is 0.507 e. The molecule has 5 N–H and O–H groups in total. The van der Waals surface area contributed by atoms with Gasteiger partial charge in [-0.2, -0.15) is 0 Å². The number of phenolic OH excluding ortho intramolecular Hbond substituents is 1. The van der Waals surface area contributed by atoms with Gasteiger partial charge in [0.15, 0.2) is 0 Å². The van der Waals surface area contributed by atoms with E-state index in [1.54, 1.807) is 67.2 Å². The fourth-order valence-corrected chi connectivity index (χ4v) is 4.56. The van der Waals surface area contributed by atoms with Crippen LogP contribution in [0.15, 0.2) is 109 Å². The topological polar surface area (TPSA) is 137 Å². The third-order valence-electron chi connectivity index (χ3n) is 6.70. The quantitative estimate of drug-likeness (QED) is 0.105. The van der Waals surface area contributed by atoms with Crippen molar-refractivity contribution in [3.8, 4) is 11.5 Å². The lowest BCUT2D eigenvalue weighted by Gasteiger charge is -2.29. The highest BCUT2D eigenvalue weighted by atomic mass is 16.5. The number of nitrogens with one attached hydrogen (secondary N) is 3. The van der Waals surface area contributed by atoms with Gasteiger partial charge >= 0.3 is 0 Å². The summed E-state index contributed by atoms with van der Waals surface area (Å²) in [7, 11) is 1.56. The normalized spacial score (nSPS) is 12.2. The summed E-state index contributed by atoms with van der Waals surface area (Å²) in [4.78, 5) is 38.1. The molecule has 0 aliphatic heterocycles. The van der Waals surface area contributed by atoms with Gasteiger partial charge < -0.3 is 20.5 Å². The number of rotatable bonds is 11. The minimum absolute atomic E-state index is 0.00760. The van der Waals surface area contributed by atoms with Crippen LogP contribution in [0.25, 0.3) is 6.08 Å². The zero-order valence-electron chi connectivity index (χ0n) is 22.9. The molecule has 42 heavy (non-hydrogen) atoms. The van der Waals surface area contributed by atoms with Gasteiger partial charge in [-0.3, -0.25) is 19.6 Å². The molecule has 0 heterocycles. The highest BCUT2D eigenvalue weighted by Gasteiger charge is 2.28. The summed E-state index contributed by atoms with van der Waals surface area (Å²) in [5.74, 6) is -1.54. The smallest absolute Gasteiger partial charge is 0.274 e. The number of carbonyl (C=O) groups is 3. The number of phenols is 1. The van der Waals surface area contributed by atoms with Crippen LogP contribution in [0.5, 0.6) is 11.5 Å². The predicted molar refractivity (Wildman–Crippen MR) is 158 cm³/mol. The number of methoxy groups -OCH3 is 1. The van der Waals surface area contributed by atoms with Crippen molar-refractivity contribution in [1.29, 1.82) is 0 Å². The first-order valence-electron chi connectivity index (χ1n) is 13.2. The summed E-state index contributed by atoms with van der Waals surface area (Å²) >= 11 is 0. The lowest BCUT2D eigenvalue weighted by molar-refractivity contribution is -0.117. The second-order valence-corrected chi connectivity index (χ2v) is 9.40. The first kappa shape index (κ1) is 29.6. The molecule has 4 rings (SSSR count). The second-order valence-electron chi connectivity index (χ2n) is 9.40. The molecular weight excluding hydrogens is 534 g/mol. The molecule has 2 atom stereocenters. The average Bonchev–Trinajstić information content (AvgIpc) is 3.03. The SMILES string of the molecule is COc1ccc([C@H](c2ccc(C(=O)NO)cc2)[C@@H](CNC(=O)c2ccccc2O)NC(=O)/C=C/c2ccccc2)cc1. The van der Waals surface area contributed by atoms with Crippen LogP contribution in [0.4, 0.5) is 0 Å². The molecule has 0 aromatic heterocycles. The molecule has 9 nitrogen and oxygen atoms in total. The van der Waals surface area contributed by atoms with Gasteiger partial charge in [-0.05, 0) is 59.2 Å². The van der Waals surface area contributed by atoms with E-state index < -0.39 is 23.8 Å². The van der Waals surface area contributed by atoms with Crippen LogP contribution in [0.2, 0.25) is 0 Å². The Morgan fingerprint density at radius 3 is 2.05 bits per heavy atom. The molecule has 0 unspecified atom stereocenters. The van der Waals surface area contributed by atoms with Crippen molar-refractivity contribution < 1.29 is 29.4 Å². The van der Waals surface area contributed by atoms with Crippen LogP contribution in [-0.4, -0.2) is 47.7 Å². The minimum Gasteiger partial charge on any atom is -0.507 e. The Kier molecular flexibility index (Phi) is 10.1. The summed E-state index contributed by atoms with van der Waals surface area (Å²) in [6.45, 7) is 0.00760. The van der Waals surface area contributed by atoms with Gasteiger partial charge in [0.05, 0.1) is 18.7 Å². The number of benzene rings is 4. The van der Waals surface area contributed by atoms with E-state index in [9.17, 15) is 19.5 Å². The molecule has 0 spiro atoms. The second kappa shape index (κ2) is 14.3. The number of hydroxylamine groups is 1. The average molecular weight is 566 g/mol. The van der Waals surface area contributed by atoms with Gasteiger partial charge in [-0.25, -0.2) is 5.48 Å². The maximum absolute atomic E-state index is 13.2. The first-order chi connectivity index (χ1) is 20.4. The Morgan fingerprint density at radius 2 is 1.43 bits per heavy atom. The lowest BCUT2D eigenvalue weighted by atomic mass is 9.84. The van der Waals surface area contributed by atoms with E-state index in [4.69, 9.17) is 9.94 Å². The number of amides is 3. The minimum atomic E-state index is -0.668. The zero-order valence-corrected chi connectivity index (χ0v) is 22.9. The Balaban J connectivity index is 1.70. The standard InChI is InChI=1S/C33H31N3O6/c1-42-26-18-16-24(17-19-26)31(23-12-14-25(15-13-23)32(39)36-41)28(21-34-33(40)27-9-5-6-10-29(27)37)35-30(38)20-11-22-7-3-2-4-8-22/h2-20,28,31,37,41H,21H2,1H3,(H,34,40)(H,35,38)(H,36,39)/b20-11+/t28-,31+/m1/s1. The number of hydrogen-bond donors (Lipinski definition) is 5. The molecule has 0 bridgehead atoms. The van der Waals surface area contributed by atoms with E-state index in [0.717, 1.165) is 16.7 Å². The number of hydrogen-bond acceptors (Lipinski definition) is 6. The molecule has 4 aromatic rings. The monoisotopic (exact) mass is 565 g/mol. The van der Waals surface area contributed by atoms with E-state index in [2.05, 4.69) is 10.6 Å². The molecule has 0 saturated heterocycles. The summed E-state index contributed by atoms with van der Waals surface area (Å²) < 4.78 is 5.32. The molecule has 0 saturated carbocycles. The molecule has 0 radical (unpaired) electrons. The highest BCUT2D eigenvalue weighted by Crippen LogP contribution is 2.30. The fourth-order valence-electron chi connectivity index (χ4n) is 4.56. The molecule has 4 aromatic carbocycles. The fraction of sp³-hybridized carbons (Fsp3) is 0.121. The summed E-state index contributed by atoms with van der Waals surface area (Å²) in [5, 5.41) is 25.1. The number of aromatic hydroxyl groups is 1. The van der Waals surface area contributed by atoms with Crippen molar-refractivity contribution in [3.05, 3.63) is 137 Å². The van der Waals surface area contributed by atoms with Crippen molar-refractivity contribution in [2.24, 2.45) is 0 Å². The number of carbonyl (C=O) groups excluding carboxylic acids is 3. The van der Waals surface area contributed by atoms with E-state index in [0.29, 0.717) is 5.75 Å². The van der Waals surface area contributed by atoms with Gasteiger partial charge in [0, 0.05) is 24.1 Å². The van der Waals surface area contributed by atoms with Crippen LogP contribution in [0, 0.1) is 0 Å². The van der Waals surface area contributed by atoms with Crippen LogP contribution < -0.4 is 20.9 Å². The summed E-state index contributed by atoms with van der Waals surface area (Å²) in [6, 6.07) is 28.8. The van der Waals surface area contributed by atoms with Crippen molar-refractivity contribution in [3.63, 3.8) is 0 Å². The first-order valence-corrected chi connectivity index (χ1v) is 13.2. The Labute approximate surface area is 243 Å². The van der Waals surface area contributed by atoms with E-state index in [1.807, 2.05) is 42.5 Å². The van der Waals surface area contributed by atoms with Gasteiger partial charge in [0.1, 0.15) is 11.5 Å². The Morgan fingerprint density at radius 1 is 0.810 bits per heavy atom. The Hall–Kier alpha value is -5.41. The van der Waals surface area contributed by atoms with Crippen LogP contribution in [0.1, 0.15) is 43.3 Å². The highest BCUT2D eigenvalue weighted by molar-refractivity contribution is 5.97. The zero-order chi connectivity index (χ0) is 29.9. The third-order valence-corrected chi connectivity index (χ3v) is 6.70. The van der Waals surface area contributed by atoms with Crippen LogP contribution in [0.3, 0.4) is 0 Å². The molecular formula is C33H31N3O6. The lowest BCUT2D eigenvalue weighted by Crippen LogP contribution is -2.47. The maximum Gasteiger partial charge on any atom is 0.274 e. The van der Waals surface area contributed by atoms with Crippen molar-refractivity contribution in [2.75, 3.05) is 13.7 Å². The van der Waals surface area contributed by atoms with Crippen molar-refractivity contribution in [1.82, 2.24) is 16.1 Å². The van der Waals surface area contributed by atoms with E-state index in [-0.39, 0.29) is 29.3 Å². The molecule has 214 valence electrons. The van der Waals surface area contributed by atoms with Gasteiger partial charge in [-0.15, -0.1) is 0 Å². The molecule has 9 heteroatoms. The molecule has 0 aliphatic carbocycles. The van der Waals surface area contributed by atoms with E-state index in [1.165, 1.54) is 18.2 Å². The van der Waals surface area contributed by atoms with Crippen LogP contribution in [-0.2, 0) is 4.79 Å². The van der Waals surface area contributed by atoms with Gasteiger partial charge in [0.25, 0.3) is 11.8 Å². The van der Waals surface area contributed by atoms with Crippen molar-refractivity contribution in [2.45, 2.75) is 12.0 Å². The third kappa shape index (κ3) is 7.61. The van der Waals surface area contributed by atoms with Crippen molar-refractivity contribution >= 4 is 23.8 Å². The van der Waals surface area contributed by atoms with Gasteiger partial charge in [0.2, 0.25) is 5.91 Å². The Bertz CT molecular complexity index is 1540. The molecule has 0 aliphatic rings. The molecule has 0 fully saturated rings. The number of ether oxygens (including phenoxy) is 1.